The Morgan fingerprint density at radius 3 is 2.82 bits per heavy atom. The van der Waals surface area contributed by atoms with Crippen molar-refractivity contribution >= 4 is 17.2 Å². The van der Waals surface area contributed by atoms with E-state index in [-0.39, 0.29) is 5.91 Å². The molecule has 0 aliphatic carbocycles. The number of carbonyl (C=O) groups is 1. The van der Waals surface area contributed by atoms with Crippen LogP contribution in [0.25, 0.3) is 0 Å². The van der Waals surface area contributed by atoms with Gasteiger partial charge in [-0.2, -0.15) is 0 Å². The molecule has 2 aromatic rings. The highest BCUT2D eigenvalue weighted by Gasteiger charge is 2.16. The van der Waals surface area contributed by atoms with Crippen molar-refractivity contribution in [3.05, 3.63) is 51.0 Å². The van der Waals surface area contributed by atoms with Crippen molar-refractivity contribution in [1.29, 1.82) is 0 Å². The second-order valence-electron chi connectivity index (χ2n) is 5.70. The minimum absolute atomic E-state index is 0.000472. The summed E-state index contributed by atoms with van der Waals surface area (Å²) in [6.07, 6.45) is 1.09. The molecule has 116 valence electrons. The van der Waals surface area contributed by atoms with Gasteiger partial charge in [-0.05, 0) is 31.4 Å². The topological polar surface area (TPSA) is 45.2 Å². The molecule has 1 amide bonds. The third-order valence-electron chi connectivity index (χ3n) is 4.03. The number of carbonyl (C=O) groups excluding carboxylic acids is 1. The summed E-state index contributed by atoms with van der Waals surface area (Å²) in [6.45, 7) is 7.42. The predicted octanol–water partition coefficient (Wildman–Crippen LogP) is 2.55. The Morgan fingerprint density at radius 2 is 2.09 bits per heavy atom. The molecule has 1 aliphatic rings. The maximum atomic E-state index is 12.2. The molecule has 0 fully saturated rings. The zero-order valence-corrected chi connectivity index (χ0v) is 13.9. The van der Waals surface area contributed by atoms with Gasteiger partial charge in [0.1, 0.15) is 4.88 Å². The Morgan fingerprint density at radius 1 is 1.32 bits per heavy atom. The lowest BCUT2D eigenvalue weighted by molar-refractivity contribution is 0.0950. The number of aromatic nitrogens is 1. The molecular formula is C17H21N3OS. The monoisotopic (exact) mass is 315 g/mol. The molecule has 1 aromatic heterocycles. The summed E-state index contributed by atoms with van der Waals surface area (Å²) in [5.41, 5.74) is 3.69. The molecule has 5 heteroatoms. The molecule has 1 aromatic carbocycles. The smallest absolute Gasteiger partial charge is 0.263 e. The maximum Gasteiger partial charge on any atom is 0.263 e. The molecule has 3 rings (SSSR count). The van der Waals surface area contributed by atoms with Gasteiger partial charge < -0.3 is 5.32 Å². The van der Waals surface area contributed by atoms with Crippen LogP contribution in [0.2, 0.25) is 0 Å². The third-order valence-corrected chi connectivity index (χ3v) is 5.10. The van der Waals surface area contributed by atoms with Gasteiger partial charge in [-0.3, -0.25) is 9.69 Å². The van der Waals surface area contributed by atoms with Crippen LogP contribution < -0.4 is 5.32 Å². The Balaban J connectivity index is 1.50. The predicted molar refractivity (Wildman–Crippen MR) is 89.3 cm³/mol. The fraction of sp³-hybridized carbons (Fsp3) is 0.412. The van der Waals surface area contributed by atoms with Crippen LogP contribution in [0.4, 0.5) is 0 Å². The molecule has 0 radical (unpaired) electrons. The highest BCUT2D eigenvalue weighted by atomic mass is 32.1. The number of rotatable bonds is 4. The quantitative estimate of drug-likeness (QED) is 0.943. The van der Waals surface area contributed by atoms with E-state index >= 15 is 0 Å². The average molecular weight is 315 g/mol. The highest BCUT2D eigenvalue weighted by Crippen LogP contribution is 2.18. The lowest BCUT2D eigenvalue weighted by Gasteiger charge is -2.28. The summed E-state index contributed by atoms with van der Waals surface area (Å²) >= 11 is 1.46. The van der Waals surface area contributed by atoms with Crippen LogP contribution in [0.5, 0.6) is 0 Å². The van der Waals surface area contributed by atoms with Gasteiger partial charge >= 0.3 is 0 Å². The van der Waals surface area contributed by atoms with Crippen LogP contribution >= 0.6 is 11.3 Å². The molecule has 2 heterocycles. The molecular weight excluding hydrogens is 294 g/mol. The molecule has 22 heavy (non-hydrogen) atoms. The van der Waals surface area contributed by atoms with E-state index in [1.165, 1.54) is 22.5 Å². The molecule has 1 N–H and O–H groups in total. The van der Waals surface area contributed by atoms with Gasteiger partial charge in [0.25, 0.3) is 5.91 Å². The lowest BCUT2D eigenvalue weighted by Crippen LogP contribution is -2.37. The van der Waals surface area contributed by atoms with Crippen LogP contribution in [-0.2, 0) is 13.0 Å². The molecule has 1 aliphatic heterocycles. The van der Waals surface area contributed by atoms with Crippen LogP contribution in [0.3, 0.4) is 0 Å². The minimum atomic E-state index is 0.000472. The lowest BCUT2D eigenvalue weighted by atomic mass is 10.00. The van der Waals surface area contributed by atoms with Crippen molar-refractivity contribution in [3.8, 4) is 0 Å². The molecule has 0 saturated heterocycles. The first kappa shape index (κ1) is 15.2. The van der Waals surface area contributed by atoms with Gasteiger partial charge in [0.15, 0.2) is 0 Å². The van der Waals surface area contributed by atoms with Gasteiger partial charge in [-0.1, -0.05) is 24.3 Å². The zero-order chi connectivity index (χ0) is 15.5. The van der Waals surface area contributed by atoms with Crippen molar-refractivity contribution in [2.75, 3.05) is 19.6 Å². The fourth-order valence-electron chi connectivity index (χ4n) is 2.89. The van der Waals surface area contributed by atoms with Crippen LogP contribution in [0.15, 0.2) is 24.3 Å². The molecule has 0 spiro atoms. The molecule has 0 unspecified atom stereocenters. The van der Waals surface area contributed by atoms with E-state index in [0.29, 0.717) is 6.54 Å². The number of nitrogens with one attached hydrogen (secondary N) is 1. The SMILES string of the molecule is Cc1nc(C)c(C(=O)NCCN2CCc3ccccc3C2)s1. The van der Waals surface area contributed by atoms with E-state index in [1.807, 2.05) is 13.8 Å². The normalized spacial score (nSPS) is 14.6. The number of fused-ring (bicyclic) bond motifs is 1. The van der Waals surface area contributed by atoms with Gasteiger partial charge in [0, 0.05) is 26.2 Å². The Kier molecular flexibility index (Phi) is 4.55. The number of benzene rings is 1. The Bertz CT molecular complexity index is 680. The van der Waals surface area contributed by atoms with E-state index in [4.69, 9.17) is 0 Å². The van der Waals surface area contributed by atoms with Crippen molar-refractivity contribution in [1.82, 2.24) is 15.2 Å². The molecule has 0 saturated carbocycles. The fourth-order valence-corrected chi connectivity index (χ4v) is 3.73. The van der Waals surface area contributed by atoms with Crippen molar-refractivity contribution in [2.45, 2.75) is 26.8 Å². The molecule has 0 bridgehead atoms. The van der Waals surface area contributed by atoms with Gasteiger partial charge in [-0.25, -0.2) is 4.98 Å². The van der Waals surface area contributed by atoms with Crippen LogP contribution in [0.1, 0.15) is 31.5 Å². The van der Waals surface area contributed by atoms with Crippen molar-refractivity contribution < 1.29 is 4.79 Å². The summed E-state index contributed by atoms with van der Waals surface area (Å²) in [5.74, 6) is 0.000472. The van der Waals surface area contributed by atoms with E-state index in [2.05, 4.69) is 39.5 Å². The van der Waals surface area contributed by atoms with Gasteiger partial charge in [0.05, 0.1) is 10.7 Å². The van der Waals surface area contributed by atoms with E-state index in [1.54, 1.807) is 0 Å². The Hall–Kier alpha value is -1.72. The van der Waals surface area contributed by atoms with E-state index < -0.39 is 0 Å². The first-order valence-electron chi connectivity index (χ1n) is 7.65. The van der Waals surface area contributed by atoms with Crippen molar-refractivity contribution in [3.63, 3.8) is 0 Å². The number of aryl methyl sites for hydroxylation is 2. The number of hydrogen-bond donors (Lipinski definition) is 1. The van der Waals surface area contributed by atoms with Crippen molar-refractivity contribution in [2.24, 2.45) is 0 Å². The number of nitrogens with zero attached hydrogens (tertiary/aromatic N) is 2. The second kappa shape index (κ2) is 6.58. The molecule has 0 atom stereocenters. The zero-order valence-electron chi connectivity index (χ0n) is 13.1. The van der Waals surface area contributed by atoms with Crippen LogP contribution in [-0.4, -0.2) is 35.4 Å². The van der Waals surface area contributed by atoms with E-state index in [9.17, 15) is 4.79 Å². The molecule has 4 nitrogen and oxygen atoms in total. The largest absolute Gasteiger partial charge is 0.350 e. The summed E-state index contributed by atoms with van der Waals surface area (Å²) < 4.78 is 0. The first-order valence-corrected chi connectivity index (χ1v) is 8.46. The minimum Gasteiger partial charge on any atom is -0.350 e. The second-order valence-corrected chi connectivity index (χ2v) is 6.90. The average Bonchev–Trinajstić information content (AvgIpc) is 2.86. The summed E-state index contributed by atoms with van der Waals surface area (Å²) in [5, 5.41) is 3.95. The number of thiazole rings is 1. The first-order chi connectivity index (χ1) is 10.6. The summed E-state index contributed by atoms with van der Waals surface area (Å²) in [6, 6.07) is 8.61. The van der Waals surface area contributed by atoms with E-state index in [0.717, 1.165) is 41.6 Å². The summed E-state index contributed by atoms with van der Waals surface area (Å²) in [4.78, 5) is 19.6. The number of amides is 1. The maximum absolute atomic E-state index is 12.2. The van der Waals surface area contributed by atoms with Gasteiger partial charge in [-0.15, -0.1) is 11.3 Å². The Labute approximate surface area is 135 Å². The van der Waals surface area contributed by atoms with Crippen LogP contribution in [0, 0.1) is 13.8 Å². The number of hydrogen-bond acceptors (Lipinski definition) is 4. The van der Waals surface area contributed by atoms with Gasteiger partial charge in [0.2, 0.25) is 0 Å². The highest BCUT2D eigenvalue weighted by molar-refractivity contribution is 7.13. The summed E-state index contributed by atoms with van der Waals surface area (Å²) in [7, 11) is 0. The standard InChI is InChI=1S/C17H21N3OS/c1-12-16(22-13(2)19-12)17(21)18-8-10-20-9-7-14-5-3-4-6-15(14)11-20/h3-6H,7-11H2,1-2H3,(H,18,21). The third kappa shape index (κ3) is 3.36.